The van der Waals surface area contributed by atoms with E-state index in [9.17, 15) is 13.2 Å². The number of amides is 1. The minimum atomic E-state index is -3.39. The van der Waals surface area contributed by atoms with Crippen LogP contribution in [0, 0.1) is 17.8 Å². The Balaban J connectivity index is 1.20. The van der Waals surface area contributed by atoms with Crippen molar-refractivity contribution in [2.75, 3.05) is 25.4 Å². The van der Waals surface area contributed by atoms with Crippen LogP contribution >= 0.6 is 0 Å². The molecule has 1 aromatic carbocycles. The topological polar surface area (TPSA) is 105 Å². The first-order chi connectivity index (χ1) is 13.9. The average molecular weight is 413 g/mol. The number of anilines is 1. The predicted octanol–water partition coefficient (Wildman–Crippen LogP) is 1.75. The van der Waals surface area contributed by atoms with Gasteiger partial charge in [-0.15, -0.1) is 0 Å². The van der Waals surface area contributed by atoms with Gasteiger partial charge in [-0.3, -0.25) is 4.79 Å². The fourth-order valence-electron chi connectivity index (χ4n) is 4.08. The van der Waals surface area contributed by atoms with Crippen LogP contribution in [0.2, 0.25) is 0 Å². The Morgan fingerprint density at radius 2 is 1.90 bits per heavy atom. The van der Waals surface area contributed by atoms with Crippen LogP contribution in [-0.4, -0.2) is 43.2 Å². The molecule has 1 aliphatic heterocycles. The number of nitrogens with two attached hydrogens (primary N) is 1. The summed E-state index contributed by atoms with van der Waals surface area (Å²) >= 11 is 0. The van der Waals surface area contributed by atoms with Crippen LogP contribution in [0.15, 0.2) is 59.6 Å². The van der Waals surface area contributed by atoms with Crippen molar-refractivity contribution in [2.24, 2.45) is 17.8 Å². The maximum Gasteiger partial charge on any atom is 0.244 e. The van der Waals surface area contributed by atoms with Gasteiger partial charge in [0.05, 0.1) is 4.90 Å². The number of sulfonamides is 1. The minimum absolute atomic E-state index is 0.152. The fourth-order valence-corrected chi connectivity index (χ4v) is 5.62. The van der Waals surface area contributed by atoms with Crippen LogP contribution in [0.5, 0.6) is 0 Å². The number of nitrogens with one attached hydrogen (secondary N) is 1. The van der Waals surface area contributed by atoms with Crippen LogP contribution < -0.4 is 11.1 Å². The third-order valence-corrected chi connectivity index (χ3v) is 7.58. The predicted molar refractivity (Wildman–Crippen MR) is 111 cm³/mol. The van der Waals surface area contributed by atoms with Crippen LogP contribution in [0.25, 0.3) is 6.08 Å². The fraction of sp³-hybridized carbons (Fsp3) is 0.333. The minimum Gasteiger partial charge on any atom is -0.384 e. The summed E-state index contributed by atoms with van der Waals surface area (Å²) in [5.74, 6) is 1.59. The number of hydrogen-bond acceptors (Lipinski definition) is 5. The van der Waals surface area contributed by atoms with E-state index < -0.39 is 10.0 Å². The Morgan fingerprint density at radius 1 is 1.17 bits per heavy atom. The standard InChI is InChI=1S/C21H24N4O3S/c22-20-8-6-15(12-24-20)7-9-21(26)23-11-10-17-18-13-25(14-19(17)18)29(27,28)16-4-2-1-3-5-16/h1-9,12,17-19H,10-11,13-14H2,(H2,22,24)(H,23,26)/b9-7+/t17-,18+,19-. The Bertz CT molecular complexity index is 994. The molecule has 2 fully saturated rings. The number of carbonyl (C=O) groups excluding carboxylic acids is 1. The van der Waals surface area contributed by atoms with E-state index in [1.807, 2.05) is 6.07 Å². The highest BCUT2D eigenvalue weighted by molar-refractivity contribution is 7.89. The van der Waals surface area contributed by atoms with E-state index in [1.165, 1.54) is 6.08 Å². The van der Waals surface area contributed by atoms with E-state index in [-0.39, 0.29) is 5.91 Å². The quantitative estimate of drug-likeness (QED) is 0.674. The molecule has 1 amide bonds. The summed E-state index contributed by atoms with van der Waals surface area (Å²) in [5, 5.41) is 2.89. The van der Waals surface area contributed by atoms with Gasteiger partial charge in [-0.2, -0.15) is 4.31 Å². The summed E-state index contributed by atoms with van der Waals surface area (Å²) in [4.78, 5) is 16.3. The summed E-state index contributed by atoms with van der Waals surface area (Å²) in [6.07, 6.45) is 5.66. The first-order valence-corrected chi connectivity index (χ1v) is 11.1. The number of aromatic nitrogens is 1. The molecule has 1 saturated carbocycles. The molecule has 2 heterocycles. The second-order valence-electron chi connectivity index (χ2n) is 7.56. The first-order valence-electron chi connectivity index (χ1n) is 9.68. The number of nitrogens with zero attached hydrogens (tertiary/aromatic N) is 2. The molecule has 3 N–H and O–H groups in total. The molecule has 7 nitrogen and oxygen atoms in total. The Hall–Kier alpha value is -2.71. The lowest BCUT2D eigenvalue weighted by Crippen LogP contribution is -2.32. The molecule has 1 saturated heterocycles. The lowest BCUT2D eigenvalue weighted by Gasteiger charge is -2.19. The normalized spacial score (nSPS) is 23.8. The van der Waals surface area contributed by atoms with E-state index in [0.717, 1.165) is 12.0 Å². The molecule has 29 heavy (non-hydrogen) atoms. The van der Waals surface area contributed by atoms with E-state index in [2.05, 4.69) is 10.3 Å². The number of benzene rings is 1. The number of hydrogen-bond donors (Lipinski definition) is 2. The maximum absolute atomic E-state index is 12.7. The number of rotatable bonds is 7. The van der Waals surface area contributed by atoms with Gasteiger partial charge >= 0.3 is 0 Å². The summed E-state index contributed by atoms with van der Waals surface area (Å²) < 4.78 is 26.9. The lowest BCUT2D eigenvalue weighted by molar-refractivity contribution is -0.116. The zero-order chi connectivity index (χ0) is 20.4. The first kappa shape index (κ1) is 19.6. The second kappa shape index (κ2) is 7.96. The molecule has 0 unspecified atom stereocenters. The van der Waals surface area contributed by atoms with Gasteiger partial charge < -0.3 is 11.1 Å². The largest absolute Gasteiger partial charge is 0.384 e. The molecule has 0 spiro atoms. The Labute approximate surface area is 170 Å². The van der Waals surface area contributed by atoms with Crippen LogP contribution in [-0.2, 0) is 14.8 Å². The van der Waals surface area contributed by atoms with Crippen molar-refractivity contribution >= 4 is 27.8 Å². The molecular formula is C21H24N4O3S. The smallest absolute Gasteiger partial charge is 0.244 e. The molecule has 0 radical (unpaired) electrons. The molecule has 3 atom stereocenters. The average Bonchev–Trinajstić information content (AvgIpc) is 3.16. The molecule has 0 bridgehead atoms. The van der Waals surface area contributed by atoms with Crippen molar-refractivity contribution in [3.63, 3.8) is 0 Å². The van der Waals surface area contributed by atoms with E-state index >= 15 is 0 Å². The Morgan fingerprint density at radius 3 is 2.55 bits per heavy atom. The zero-order valence-corrected chi connectivity index (χ0v) is 16.8. The summed E-state index contributed by atoms with van der Waals surface area (Å²) in [5.41, 5.74) is 6.34. The van der Waals surface area contributed by atoms with E-state index in [0.29, 0.717) is 48.1 Å². The van der Waals surface area contributed by atoms with Crippen molar-refractivity contribution in [1.29, 1.82) is 0 Å². The van der Waals surface area contributed by atoms with Crippen LogP contribution in [0.4, 0.5) is 5.82 Å². The third kappa shape index (κ3) is 4.33. The van der Waals surface area contributed by atoms with Gasteiger partial charge in [-0.25, -0.2) is 13.4 Å². The van der Waals surface area contributed by atoms with Gasteiger partial charge in [0.25, 0.3) is 0 Å². The van der Waals surface area contributed by atoms with Crippen molar-refractivity contribution in [2.45, 2.75) is 11.3 Å². The van der Waals surface area contributed by atoms with Crippen LogP contribution in [0.1, 0.15) is 12.0 Å². The number of pyridine rings is 1. The van der Waals surface area contributed by atoms with Crippen LogP contribution in [0.3, 0.4) is 0 Å². The molecule has 2 aromatic rings. The van der Waals surface area contributed by atoms with Gasteiger partial charge in [0.1, 0.15) is 5.82 Å². The van der Waals surface area contributed by atoms with Gasteiger partial charge in [-0.1, -0.05) is 18.2 Å². The van der Waals surface area contributed by atoms with Gasteiger partial charge in [-0.05, 0) is 60.1 Å². The van der Waals surface area contributed by atoms with Gasteiger partial charge in [0.2, 0.25) is 15.9 Å². The summed E-state index contributed by atoms with van der Waals surface area (Å²) in [6.45, 7) is 1.74. The monoisotopic (exact) mass is 412 g/mol. The van der Waals surface area contributed by atoms with Gasteiger partial charge in [0.15, 0.2) is 0 Å². The lowest BCUT2D eigenvalue weighted by atomic mass is 10.2. The molecule has 4 rings (SSSR count). The maximum atomic E-state index is 12.7. The van der Waals surface area contributed by atoms with E-state index in [4.69, 9.17) is 5.73 Å². The van der Waals surface area contributed by atoms with Crippen molar-refractivity contribution in [1.82, 2.24) is 14.6 Å². The number of piperidine rings is 1. The molecule has 1 aliphatic carbocycles. The zero-order valence-electron chi connectivity index (χ0n) is 15.9. The molecule has 152 valence electrons. The molecule has 8 heteroatoms. The molecule has 2 aliphatic rings. The number of fused-ring (bicyclic) bond motifs is 1. The van der Waals surface area contributed by atoms with Crippen molar-refractivity contribution < 1.29 is 13.2 Å². The summed E-state index contributed by atoms with van der Waals surface area (Å²) in [6, 6.07) is 12.1. The van der Waals surface area contributed by atoms with Crippen molar-refractivity contribution in [3.8, 4) is 0 Å². The number of nitrogen functional groups attached to an aromatic ring is 1. The third-order valence-electron chi connectivity index (χ3n) is 5.73. The summed E-state index contributed by atoms with van der Waals surface area (Å²) in [7, 11) is -3.39. The second-order valence-corrected chi connectivity index (χ2v) is 9.49. The van der Waals surface area contributed by atoms with Gasteiger partial charge in [0, 0.05) is 31.9 Å². The highest BCUT2D eigenvalue weighted by Crippen LogP contribution is 2.54. The van der Waals surface area contributed by atoms with Crippen molar-refractivity contribution in [3.05, 3.63) is 60.3 Å². The molecule has 1 aromatic heterocycles. The highest BCUT2D eigenvalue weighted by Gasteiger charge is 2.57. The molecular weight excluding hydrogens is 388 g/mol. The number of carbonyl (C=O) groups is 1. The van der Waals surface area contributed by atoms with E-state index in [1.54, 1.807) is 53.0 Å². The highest BCUT2D eigenvalue weighted by atomic mass is 32.2. The Kier molecular flexibility index (Phi) is 5.38. The SMILES string of the molecule is Nc1ccc(/C=C/C(=O)NCC[C@H]2[C@H]3CN(S(=O)(=O)c4ccccc4)C[C@@H]23)cn1.